The minimum absolute atomic E-state index is 0.000682. The van der Waals surface area contributed by atoms with Gasteiger partial charge in [-0.3, -0.25) is 13.8 Å². The van der Waals surface area contributed by atoms with Crippen molar-refractivity contribution in [3.8, 4) is 5.75 Å². The number of nitrogens with zero attached hydrogens (tertiary/aromatic N) is 1. The van der Waals surface area contributed by atoms with E-state index >= 15 is 0 Å². The first kappa shape index (κ1) is 30.9. The van der Waals surface area contributed by atoms with E-state index in [-0.39, 0.29) is 33.5 Å². The highest BCUT2D eigenvalue weighted by atomic mass is 35.5. The number of nitrogens with one attached hydrogen (secondary N) is 2. The van der Waals surface area contributed by atoms with Crippen LogP contribution in [0.25, 0.3) is 0 Å². The second-order valence-electron chi connectivity index (χ2n) is 9.31. The first-order valence-electron chi connectivity index (χ1n) is 12.9. The number of anilines is 3. The van der Waals surface area contributed by atoms with Crippen LogP contribution in [0.2, 0.25) is 5.02 Å². The average molecular weight is 628 g/mol. The van der Waals surface area contributed by atoms with Crippen molar-refractivity contribution in [1.82, 2.24) is 0 Å². The fraction of sp³-hybridized carbons (Fsp3) is 0.167. The van der Waals surface area contributed by atoms with Crippen LogP contribution in [-0.2, 0) is 24.8 Å². The molecular weight excluding hydrogens is 598 g/mol. The van der Waals surface area contributed by atoms with Crippen LogP contribution in [0.4, 0.5) is 17.1 Å². The third-order valence-corrected chi connectivity index (χ3v) is 9.68. The number of aryl methyl sites for hydroxylation is 2. The number of carbonyl (C=O) groups is 1. The fourth-order valence-electron chi connectivity index (χ4n) is 4.19. The van der Waals surface area contributed by atoms with Crippen molar-refractivity contribution < 1.29 is 26.4 Å². The van der Waals surface area contributed by atoms with Crippen molar-refractivity contribution in [2.45, 2.75) is 30.6 Å². The van der Waals surface area contributed by atoms with Crippen LogP contribution in [0.1, 0.15) is 18.1 Å². The molecule has 4 aromatic carbocycles. The molecule has 0 spiro atoms. The van der Waals surface area contributed by atoms with Crippen molar-refractivity contribution in [2.75, 3.05) is 27.5 Å². The summed E-state index contributed by atoms with van der Waals surface area (Å²) in [5.74, 6) is -0.362. The number of para-hydroxylation sites is 3. The number of benzene rings is 4. The molecule has 4 rings (SSSR count). The molecule has 220 valence electrons. The molecule has 0 atom stereocenters. The zero-order valence-corrected chi connectivity index (χ0v) is 25.6. The molecule has 0 aliphatic carbocycles. The first-order chi connectivity index (χ1) is 19.9. The summed E-state index contributed by atoms with van der Waals surface area (Å²) in [7, 11) is -8.11. The quantitative estimate of drug-likeness (QED) is 0.211. The fourth-order valence-corrected chi connectivity index (χ4v) is 6.95. The van der Waals surface area contributed by atoms with Crippen LogP contribution in [0, 0.1) is 13.8 Å². The molecule has 0 radical (unpaired) electrons. The molecular formula is C30H30ClN3O6S2. The van der Waals surface area contributed by atoms with Gasteiger partial charge in [-0.15, -0.1) is 0 Å². The predicted molar refractivity (Wildman–Crippen MR) is 165 cm³/mol. The molecule has 9 nitrogen and oxygen atoms in total. The molecule has 0 heterocycles. The maximum Gasteiger partial charge on any atom is 0.264 e. The second kappa shape index (κ2) is 12.8. The number of sulfonamides is 2. The highest BCUT2D eigenvalue weighted by Gasteiger charge is 2.29. The molecule has 0 saturated heterocycles. The zero-order valence-electron chi connectivity index (χ0n) is 23.2. The Hall–Kier alpha value is -4.06. The van der Waals surface area contributed by atoms with Crippen molar-refractivity contribution in [3.63, 3.8) is 0 Å². The van der Waals surface area contributed by atoms with E-state index in [4.69, 9.17) is 16.3 Å². The van der Waals surface area contributed by atoms with Crippen LogP contribution in [-0.4, -0.2) is 35.9 Å². The lowest BCUT2D eigenvalue weighted by atomic mass is 10.1. The minimum Gasteiger partial charge on any atom is -0.492 e. The lowest BCUT2D eigenvalue weighted by Crippen LogP contribution is -2.38. The Kier molecular flexibility index (Phi) is 9.45. The van der Waals surface area contributed by atoms with Gasteiger partial charge in [-0.05, 0) is 92.6 Å². The van der Waals surface area contributed by atoms with Gasteiger partial charge in [0.25, 0.3) is 20.0 Å². The molecule has 12 heteroatoms. The van der Waals surface area contributed by atoms with Gasteiger partial charge in [-0.2, -0.15) is 0 Å². The van der Waals surface area contributed by atoms with E-state index in [1.807, 2.05) is 32.0 Å². The number of ether oxygens (including phenoxy) is 1. The number of amides is 1. The summed E-state index contributed by atoms with van der Waals surface area (Å²) in [6, 6.07) is 23.2. The second-order valence-corrected chi connectivity index (χ2v) is 13.3. The third-order valence-electron chi connectivity index (χ3n) is 6.29. The van der Waals surface area contributed by atoms with Gasteiger partial charge in [0.05, 0.1) is 27.8 Å². The Bertz CT molecular complexity index is 1770. The van der Waals surface area contributed by atoms with E-state index in [0.29, 0.717) is 10.7 Å². The summed E-state index contributed by atoms with van der Waals surface area (Å²) < 4.78 is 62.7. The van der Waals surface area contributed by atoms with Crippen molar-refractivity contribution in [1.29, 1.82) is 0 Å². The molecule has 1 amide bonds. The lowest BCUT2D eigenvalue weighted by Gasteiger charge is -2.26. The maximum absolute atomic E-state index is 13.7. The van der Waals surface area contributed by atoms with Gasteiger partial charge in [0, 0.05) is 10.7 Å². The van der Waals surface area contributed by atoms with E-state index in [1.165, 1.54) is 48.5 Å². The summed E-state index contributed by atoms with van der Waals surface area (Å²) in [5.41, 5.74) is 2.54. The standard InChI is InChI=1S/C30H30ClN3O6S2/c1-4-40-28-11-6-5-10-27(28)34(42(38,39)26-16-12-23(31)13-17-26)20-29(35)32-24-14-18-25(19-15-24)41(36,37)33-30-21(2)8-7-9-22(30)3/h5-19,33H,4,20H2,1-3H3,(H,32,35). The van der Waals surface area contributed by atoms with Crippen LogP contribution < -0.4 is 19.1 Å². The van der Waals surface area contributed by atoms with E-state index in [2.05, 4.69) is 10.0 Å². The molecule has 4 aromatic rings. The lowest BCUT2D eigenvalue weighted by molar-refractivity contribution is -0.114. The zero-order chi connectivity index (χ0) is 30.5. The normalized spacial score (nSPS) is 11.5. The van der Waals surface area contributed by atoms with Gasteiger partial charge in [-0.1, -0.05) is 41.9 Å². The van der Waals surface area contributed by atoms with Gasteiger partial charge in [0.1, 0.15) is 12.3 Å². The molecule has 2 N–H and O–H groups in total. The minimum atomic E-state index is -4.22. The molecule has 0 bridgehead atoms. The predicted octanol–water partition coefficient (Wildman–Crippen LogP) is 5.99. The summed E-state index contributed by atoms with van der Waals surface area (Å²) in [6.07, 6.45) is 0. The van der Waals surface area contributed by atoms with E-state index in [0.717, 1.165) is 15.4 Å². The topological polar surface area (TPSA) is 122 Å². The van der Waals surface area contributed by atoms with E-state index in [1.54, 1.807) is 31.2 Å². The van der Waals surface area contributed by atoms with E-state index in [9.17, 15) is 21.6 Å². The number of hydrogen-bond acceptors (Lipinski definition) is 6. The summed E-state index contributed by atoms with van der Waals surface area (Å²) in [4.78, 5) is 13.1. The summed E-state index contributed by atoms with van der Waals surface area (Å²) in [5, 5.41) is 3.01. The van der Waals surface area contributed by atoms with Crippen LogP contribution in [0.3, 0.4) is 0 Å². The van der Waals surface area contributed by atoms with Crippen LogP contribution in [0.15, 0.2) is 101 Å². The Morgan fingerprint density at radius 2 is 1.40 bits per heavy atom. The number of halogens is 1. The molecule has 0 aliphatic rings. The van der Waals surface area contributed by atoms with Crippen molar-refractivity contribution in [2.24, 2.45) is 0 Å². The smallest absolute Gasteiger partial charge is 0.264 e. The molecule has 0 aromatic heterocycles. The van der Waals surface area contributed by atoms with Gasteiger partial charge in [-0.25, -0.2) is 16.8 Å². The van der Waals surface area contributed by atoms with Gasteiger partial charge in [0.15, 0.2) is 0 Å². The highest BCUT2D eigenvalue weighted by molar-refractivity contribution is 7.93. The number of hydrogen-bond donors (Lipinski definition) is 2. The largest absolute Gasteiger partial charge is 0.492 e. The third kappa shape index (κ3) is 7.04. The Balaban J connectivity index is 1.58. The molecule has 0 unspecified atom stereocenters. The number of carbonyl (C=O) groups excluding carboxylic acids is 1. The SMILES string of the molecule is CCOc1ccccc1N(CC(=O)Nc1ccc(S(=O)(=O)Nc2c(C)cccc2C)cc1)S(=O)(=O)c1ccc(Cl)cc1. The maximum atomic E-state index is 13.7. The Labute approximate surface area is 251 Å². The number of rotatable bonds is 11. The van der Waals surface area contributed by atoms with Gasteiger partial charge >= 0.3 is 0 Å². The molecule has 42 heavy (non-hydrogen) atoms. The summed E-state index contributed by atoms with van der Waals surface area (Å²) in [6.45, 7) is 5.09. The van der Waals surface area contributed by atoms with Crippen LogP contribution in [0.5, 0.6) is 5.75 Å². The average Bonchev–Trinajstić information content (AvgIpc) is 2.95. The molecule has 0 aliphatic heterocycles. The summed E-state index contributed by atoms with van der Waals surface area (Å²) >= 11 is 5.96. The first-order valence-corrected chi connectivity index (χ1v) is 16.2. The molecule has 0 saturated carbocycles. The van der Waals surface area contributed by atoms with Crippen molar-refractivity contribution >= 4 is 54.6 Å². The van der Waals surface area contributed by atoms with Crippen molar-refractivity contribution in [3.05, 3.63) is 107 Å². The highest BCUT2D eigenvalue weighted by Crippen LogP contribution is 2.33. The van der Waals surface area contributed by atoms with E-state index < -0.39 is 32.5 Å². The Morgan fingerprint density at radius 1 is 0.810 bits per heavy atom. The van der Waals surface area contributed by atoms with Gasteiger partial charge < -0.3 is 10.1 Å². The Morgan fingerprint density at radius 3 is 2.02 bits per heavy atom. The van der Waals surface area contributed by atoms with Gasteiger partial charge in [0.2, 0.25) is 5.91 Å². The van der Waals surface area contributed by atoms with Crippen LogP contribution >= 0.6 is 11.6 Å². The molecule has 0 fully saturated rings. The monoisotopic (exact) mass is 627 g/mol.